The number of nitrogens with zero attached hydrogens (tertiary/aromatic N) is 4. The number of nitrogens with one attached hydrogen (secondary N) is 1. The smallest absolute Gasteiger partial charge is 0.256 e. The molecular weight excluding hydrogens is 453 g/mol. The Morgan fingerprint density at radius 2 is 1.56 bits per heavy atom. The van der Waals surface area contributed by atoms with E-state index < -0.39 is 12.0 Å². The van der Waals surface area contributed by atoms with Crippen molar-refractivity contribution in [2.24, 2.45) is 4.99 Å². The Morgan fingerprint density at radius 1 is 0.944 bits per heavy atom. The van der Waals surface area contributed by atoms with E-state index >= 15 is 0 Å². The minimum atomic E-state index is -0.516. The molecule has 1 aliphatic rings. The van der Waals surface area contributed by atoms with Crippen molar-refractivity contribution in [2.75, 3.05) is 14.1 Å². The first-order chi connectivity index (χ1) is 17.5. The average molecular weight is 494 g/mol. The van der Waals surface area contributed by atoms with Crippen molar-refractivity contribution >= 4 is 11.9 Å². The van der Waals surface area contributed by atoms with E-state index in [4.69, 9.17) is 0 Å². The van der Waals surface area contributed by atoms with Crippen LogP contribution in [0.3, 0.4) is 0 Å². The van der Waals surface area contributed by atoms with Crippen LogP contribution in [0.4, 0.5) is 4.39 Å². The molecule has 0 radical (unpaired) electrons. The molecule has 0 aliphatic carbocycles. The third kappa shape index (κ3) is 8.26. The Morgan fingerprint density at radius 3 is 2.06 bits per heavy atom. The van der Waals surface area contributed by atoms with E-state index in [1.807, 2.05) is 52.0 Å². The highest BCUT2D eigenvalue weighted by Gasteiger charge is 2.34. The maximum atomic E-state index is 12.9. The number of carbonyl (C=O) groups excluding carboxylic acids is 1. The molecule has 1 N–H and O–H groups in total. The number of guanidine groups is 1. The quantitative estimate of drug-likeness (QED) is 0.437. The third-order valence-electron chi connectivity index (χ3n) is 5.25. The number of aliphatic imine (C=N–C) groups is 1. The second kappa shape index (κ2) is 16.1. The van der Waals surface area contributed by atoms with Crippen LogP contribution >= 0.6 is 0 Å². The molecule has 1 unspecified atom stereocenters. The van der Waals surface area contributed by atoms with Gasteiger partial charge in [0.15, 0.2) is 0 Å². The average Bonchev–Trinajstić information content (AvgIpc) is 3.25. The molecule has 0 spiro atoms. The summed E-state index contributed by atoms with van der Waals surface area (Å²) in [6.45, 7) is 12.3. The van der Waals surface area contributed by atoms with Gasteiger partial charge in [-0.1, -0.05) is 65.8 Å². The highest BCUT2D eigenvalue weighted by Crippen LogP contribution is 2.26. The first kappa shape index (κ1) is 30.4. The zero-order valence-corrected chi connectivity index (χ0v) is 22.8. The lowest BCUT2D eigenvalue weighted by molar-refractivity contribution is -0.126. The fraction of sp³-hybridized carbons (Fsp3) is 0.379. The molecule has 36 heavy (non-hydrogen) atoms. The van der Waals surface area contributed by atoms with Gasteiger partial charge in [-0.25, -0.2) is 4.98 Å². The Bertz CT molecular complexity index is 1080. The molecule has 4 rings (SSSR count). The number of pyridine rings is 2. The predicted octanol–water partition coefficient (Wildman–Crippen LogP) is 6.24. The van der Waals surface area contributed by atoms with Crippen LogP contribution in [0.25, 0.3) is 11.1 Å². The third-order valence-corrected chi connectivity index (χ3v) is 5.25. The molecule has 1 atom stereocenters. The molecule has 1 fully saturated rings. The number of benzene rings is 1. The van der Waals surface area contributed by atoms with Gasteiger partial charge in [-0.15, -0.1) is 0 Å². The van der Waals surface area contributed by atoms with Crippen LogP contribution in [-0.2, 0) is 17.6 Å². The summed E-state index contributed by atoms with van der Waals surface area (Å²) in [5.41, 5.74) is 4.89. The minimum Gasteiger partial charge on any atom is -0.340 e. The number of aryl methyl sites for hydroxylation is 2. The lowest BCUT2D eigenvalue weighted by Gasteiger charge is -2.10. The van der Waals surface area contributed by atoms with E-state index in [0.29, 0.717) is 5.96 Å². The van der Waals surface area contributed by atoms with Crippen molar-refractivity contribution in [3.63, 3.8) is 0 Å². The largest absolute Gasteiger partial charge is 0.340 e. The van der Waals surface area contributed by atoms with Gasteiger partial charge in [0.2, 0.25) is 11.9 Å². The van der Waals surface area contributed by atoms with Crippen LogP contribution in [0.15, 0.2) is 65.8 Å². The molecular formula is C29H40FN5O. The molecule has 1 amide bonds. The zero-order chi connectivity index (χ0) is 27.1. The first-order valence-electron chi connectivity index (χ1n) is 12.6. The van der Waals surface area contributed by atoms with Gasteiger partial charge in [-0.3, -0.25) is 19.7 Å². The van der Waals surface area contributed by atoms with Crippen molar-refractivity contribution in [2.45, 2.75) is 60.4 Å². The van der Waals surface area contributed by atoms with Crippen LogP contribution in [0.1, 0.15) is 64.5 Å². The summed E-state index contributed by atoms with van der Waals surface area (Å²) in [7, 11) is 3.32. The molecule has 2 aromatic heterocycles. The fourth-order valence-electron chi connectivity index (χ4n) is 3.39. The number of hydrogen-bond acceptors (Lipinski definition) is 4. The Kier molecular flexibility index (Phi) is 13.6. The van der Waals surface area contributed by atoms with E-state index in [2.05, 4.69) is 52.3 Å². The molecule has 3 heterocycles. The maximum absolute atomic E-state index is 12.9. The van der Waals surface area contributed by atoms with Crippen molar-refractivity contribution in [3.8, 4) is 11.1 Å². The highest BCUT2D eigenvalue weighted by molar-refractivity contribution is 6.06. The lowest BCUT2D eigenvalue weighted by atomic mass is 10.0. The van der Waals surface area contributed by atoms with E-state index in [0.717, 1.165) is 29.5 Å². The van der Waals surface area contributed by atoms with Crippen LogP contribution < -0.4 is 5.32 Å². The number of rotatable bonds is 4. The molecule has 1 aliphatic heterocycles. The molecule has 1 aromatic carbocycles. The highest BCUT2D eigenvalue weighted by atomic mass is 19.1. The van der Waals surface area contributed by atoms with Gasteiger partial charge in [0.1, 0.15) is 6.04 Å². The van der Waals surface area contributed by atoms with E-state index in [1.165, 1.54) is 28.6 Å². The number of carbonyl (C=O) groups is 1. The number of hydrogen-bond donors (Lipinski definition) is 1. The van der Waals surface area contributed by atoms with Crippen molar-refractivity contribution < 1.29 is 9.18 Å². The van der Waals surface area contributed by atoms with Crippen LogP contribution in [0.2, 0.25) is 0 Å². The molecule has 1 saturated heterocycles. The van der Waals surface area contributed by atoms with Gasteiger partial charge in [0.05, 0.1) is 0 Å². The van der Waals surface area contributed by atoms with Gasteiger partial charge in [0.25, 0.3) is 5.91 Å². The van der Waals surface area contributed by atoms with Crippen molar-refractivity contribution in [1.82, 2.24) is 20.2 Å². The number of amides is 1. The first-order valence-corrected chi connectivity index (χ1v) is 12.6. The fourth-order valence-corrected chi connectivity index (χ4v) is 3.39. The maximum Gasteiger partial charge on any atom is 0.256 e. The normalized spacial score (nSPS) is 15.0. The standard InChI is InChI=1S/C16H15FN4O.C9H13N.2C2H6/c1-18-16-20-14(15(22)21(16)2)11-5-3-4-10(8-11)12-6-7-13(17)19-9-12;1-3-8-6-5-7-9(4-2)10-8;2*1-2/h3-9,14H,1-2H3,(H,18,20);5-7H,3-4H2,1-2H3;2*1-2H3. The van der Waals surface area contributed by atoms with Gasteiger partial charge in [0, 0.05) is 37.2 Å². The van der Waals surface area contributed by atoms with Gasteiger partial charge >= 0.3 is 0 Å². The topological polar surface area (TPSA) is 70.5 Å². The summed E-state index contributed by atoms with van der Waals surface area (Å²) >= 11 is 0. The Labute approximate surface area is 215 Å². The van der Waals surface area contributed by atoms with Crippen LogP contribution in [0, 0.1) is 5.95 Å². The van der Waals surface area contributed by atoms with Crippen molar-refractivity contribution in [1.29, 1.82) is 0 Å². The van der Waals surface area contributed by atoms with Crippen molar-refractivity contribution in [3.05, 3.63) is 83.7 Å². The van der Waals surface area contributed by atoms with Crippen LogP contribution in [-0.4, -0.2) is 40.8 Å². The second-order valence-electron chi connectivity index (χ2n) is 7.34. The number of halogens is 1. The van der Waals surface area contributed by atoms with E-state index in [1.54, 1.807) is 20.2 Å². The minimum absolute atomic E-state index is 0.0602. The Balaban J connectivity index is 0.000000388. The monoisotopic (exact) mass is 493 g/mol. The van der Waals surface area contributed by atoms with E-state index in [-0.39, 0.29) is 5.91 Å². The summed E-state index contributed by atoms with van der Waals surface area (Å²) in [5.74, 6) is -0.0307. The van der Waals surface area contributed by atoms with E-state index in [9.17, 15) is 9.18 Å². The molecule has 3 aromatic rings. The van der Waals surface area contributed by atoms with Gasteiger partial charge < -0.3 is 5.32 Å². The number of aromatic nitrogens is 2. The SMILES string of the molecule is CC.CC.CCc1cccc(CC)n1.CN=C1NC(c2cccc(-c3ccc(F)nc3)c2)C(=O)N1C. The molecule has 0 saturated carbocycles. The molecule has 0 bridgehead atoms. The summed E-state index contributed by atoms with van der Waals surface area (Å²) in [6.07, 6.45) is 3.55. The summed E-state index contributed by atoms with van der Waals surface area (Å²) in [6, 6.07) is 16.3. The molecule has 7 heteroatoms. The summed E-state index contributed by atoms with van der Waals surface area (Å²) in [4.78, 5) is 25.9. The van der Waals surface area contributed by atoms with Crippen LogP contribution in [0.5, 0.6) is 0 Å². The molecule has 6 nitrogen and oxygen atoms in total. The Hall–Kier alpha value is -3.61. The lowest BCUT2D eigenvalue weighted by Crippen LogP contribution is -2.27. The van der Waals surface area contributed by atoms with Gasteiger partial charge in [-0.2, -0.15) is 4.39 Å². The summed E-state index contributed by atoms with van der Waals surface area (Å²) < 4.78 is 12.9. The molecule has 194 valence electrons. The zero-order valence-electron chi connectivity index (χ0n) is 22.8. The number of likely N-dealkylation sites (N-methyl/N-ethyl adjacent to an activating group) is 1. The predicted molar refractivity (Wildman–Crippen MR) is 147 cm³/mol. The summed E-state index contributed by atoms with van der Waals surface area (Å²) in [5, 5.41) is 3.10. The van der Waals surface area contributed by atoms with Gasteiger partial charge in [-0.05, 0) is 54.3 Å². The second-order valence-corrected chi connectivity index (χ2v) is 7.34.